The molecule has 3 rings (SSSR count). The lowest BCUT2D eigenvalue weighted by atomic mass is 9.78. The first-order valence-electron chi connectivity index (χ1n) is 9.00. The van der Waals surface area contributed by atoms with Crippen molar-refractivity contribution in [1.29, 1.82) is 0 Å². The molecule has 1 aromatic rings. The van der Waals surface area contributed by atoms with E-state index in [1.54, 1.807) is 19.1 Å². The van der Waals surface area contributed by atoms with Gasteiger partial charge in [0.25, 0.3) is 0 Å². The fourth-order valence-corrected chi connectivity index (χ4v) is 3.13. The molecule has 1 amide bonds. The Bertz CT molecular complexity index is 669. The molecule has 2 fully saturated rings. The van der Waals surface area contributed by atoms with Crippen LogP contribution >= 0.6 is 0 Å². The van der Waals surface area contributed by atoms with E-state index in [4.69, 9.17) is 18.8 Å². The number of rotatable bonds is 5. The maximum Gasteiger partial charge on any atom is 0.494 e. The summed E-state index contributed by atoms with van der Waals surface area (Å²) in [5, 5.41) is 0. The summed E-state index contributed by atoms with van der Waals surface area (Å²) in [5.41, 5.74) is 0.928. The van der Waals surface area contributed by atoms with Crippen LogP contribution in [0.1, 0.15) is 33.3 Å². The summed E-state index contributed by atoms with van der Waals surface area (Å²) in [6.45, 7) is 9.39. The number of carbonyl (C=O) groups is 1. The summed E-state index contributed by atoms with van der Waals surface area (Å²) in [7, 11) is 2.83. The lowest BCUT2D eigenvalue weighted by Gasteiger charge is -2.38. The molecule has 6 nitrogen and oxygen atoms in total. The molecule has 2 aliphatic rings. The van der Waals surface area contributed by atoms with Gasteiger partial charge in [-0.2, -0.15) is 0 Å². The van der Waals surface area contributed by atoms with Crippen LogP contribution in [0.15, 0.2) is 18.2 Å². The quantitative estimate of drug-likeness (QED) is 0.742. The lowest BCUT2D eigenvalue weighted by molar-refractivity contribution is -0.142. The SMILES string of the molecule is COc1ccc(B2OC(C)(C)C(C)(C)O2)cc1CC(=O)N1CC(OC)C1. The minimum Gasteiger partial charge on any atom is -0.496 e. The first kappa shape index (κ1) is 19.2. The molecule has 26 heavy (non-hydrogen) atoms. The van der Waals surface area contributed by atoms with E-state index in [9.17, 15) is 4.79 Å². The van der Waals surface area contributed by atoms with E-state index in [0.717, 1.165) is 11.0 Å². The fraction of sp³-hybridized carbons (Fsp3) is 0.632. The maximum atomic E-state index is 12.5. The van der Waals surface area contributed by atoms with Gasteiger partial charge in [0, 0.05) is 25.8 Å². The molecule has 7 heteroatoms. The molecule has 0 aromatic heterocycles. The molecule has 2 saturated heterocycles. The molecule has 0 atom stereocenters. The van der Waals surface area contributed by atoms with Gasteiger partial charge < -0.3 is 23.7 Å². The number of carbonyl (C=O) groups excluding carboxylic acids is 1. The Hall–Kier alpha value is -1.57. The zero-order valence-electron chi connectivity index (χ0n) is 16.5. The third kappa shape index (κ3) is 3.48. The second-order valence-corrected chi connectivity index (χ2v) is 7.99. The Balaban J connectivity index is 1.76. The number of hydrogen-bond donors (Lipinski definition) is 0. The van der Waals surface area contributed by atoms with Crippen molar-refractivity contribution in [2.75, 3.05) is 27.3 Å². The van der Waals surface area contributed by atoms with Crippen LogP contribution in [-0.4, -0.2) is 62.5 Å². The summed E-state index contributed by atoms with van der Waals surface area (Å²) in [6.07, 6.45) is 0.435. The van der Waals surface area contributed by atoms with Crippen LogP contribution in [0.4, 0.5) is 0 Å². The highest BCUT2D eigenvalue weighted by atomic mass is 16.7. The molecule has 2 aliphatic heterocycles. The van der Waals surface area contributed by atoms with E-state index in [1.807, 2.05) is 45.9 Å². The van der Waals surface area contributed by atoms with Crippen LogP contribution in [0.25, 0.3) is 0 Å². The van der Waals surface area contributed by atoms with Gasteiger partial charge in [-0.15, -0.1) is 0 Å². The Kier molecular flexibility index (Phi) is 5.07. The van der Waals surface area contributed by atoms with Gasteiger partial charge in [-0.05, 0) is 39.2 Å². The molecule has 0 N–H and O–H groups in total. The number of amides is 1. The van der Waals surface area contributed by atoms with Crippen molar-refractivity contribution in [2.24, 2.45) is 0 Å². The van der Waals surface area contributed by atoms with Crippen molar-refractivity contribution in [3.8, 4) is 5.75 Å². The Labute approximate surface area is 155 Å². The second-order valence-electron chi connectivity index (χ2n) is 7.99. The summed E-state index contributed by atoms with van der Waals surface area (Å²) >= 11 is 0. The minimum absolute atomic E-state index is 0.0719. The van der Waals surface area contributed by atoms with Gasteiger partial charge in [-0.1, -0.05) is 12.1 Å². The summed E-state index contributed by atoms with van der Waals surface area (Å²) in [4.78, 5) is 14.3. The third-order valence-electron chi connectivity index (χ3n) is 5.71. The molecule has 1 aromatic carbocycles. The van der Waals surface area contributed by atoms with Crippen LogP contribution in [0, 0.1) is 0 Å². The zero-order valence-corrected chi connectivity index (χ0v) is 16.5. The second kappa shape index (κ2) is 6.87. The molecule has 0 saturated carbocycles. The van der Waals surface area contributed by atoms with Gasteiger partial charge in [-0.25, -0.2) is 0 Å². The van der Waals surface area contributed by atoms with Gasteiger partial charge in [-0.3, -0.25) is 4.79 Å². The zero-order chi connectivity index (χ0) is 19.1. The Morgan fingerprint density at radius 1 is 1.19 bits per heavy atom. The van der Waals surface area contributed by atoms with Gasteiger partial charge in [0.1, 0.15) is 5.75 Å². The highest BCUT2D eigenvalue weighted by molar-refractivity contribution is 6.62. The van der Waals surface area contributed by atoms with E-state index >= 15 is 0 Å². The summed E-state index contributed by atoms with van der Waals surface area (Å²) < 4.78 is 22.9. The number of nitrogens with zero attached hydrogens (tertiary/aromatic N) is 1. The number of likely N-dealkylation sites (tertiary alicyclic amines) is 1. The van der Waals surface area contributed by atoms with Crippen molar-refractivity contribution in [1.82, 2.24) is 4.90 Å². The standard InChI is InChI=1S/C19H28BNO5/c1-18(2)19(3,4)26-20(25-18)14-7-8-16(24-6)13(9-14)10-17(22)21-11-15(12-21)23-5/h7-9,15H,10-12H2,1-6H3. The number of benzene rings is 1. The molecule has 0 bridgehead atoms. The molecule has 2 heterocycles. The minimum atomic E-state index is -0.457. The highest BCUT2D eigenvalue weighted by Crippen LogP contribution is 2.36. The van der Waals surface area contributed by atoms with Crippen molar-refractivity contribution < 1.29 is 23.6 Å². The first-order valence-corrected chi connectivity index (χ1v) is 9.00. The van der Waals surface area contributed by atoms with E-state index in [1.165, 1.54) is 0 Å². The molecule has 0 spiro atoms. The van der Waals surface area contributed by atoms with Crippen LogP contribution in [0.5, 0.6) is 5.75 Å². The predicted molar refractivity (Wildman–Crippen MR) is 99.8 cm³/mol. The van der Waals surface area contributed by atoms with Crippen molar-refractivity contribution in [3.05, 3.63) is 23.8 Å². The Morgan fingerprint density at radius 3 is 2.35 bits per heavy atom. The third-order valence-corrected chi connectivity index (χ3v) is 5.71. The van der Waals surface area contributed by atoms with Crippen LogP contribution in [0.2, 0.25) is 0 Å². The average Bonchev–Trinajstić information content (AvgIpc) is 2.74. The highest BCUT2D eigenvalue weighted by Gasteiger charge is 2.51. The average molecular weight is 361 g/mol. The van der Waals surface area contributed by atoms with E-state index < -0.39 is 18.3 Å². The van der Waals surface area contributed by atoms with Crippen molar-refractivity contribution in [3.63, 3.8) is 0 Å². The molecule has 142 valence electrons. The van der Waals surface area contributed by atoms with Gasteiger partial charge in [0.05, 0.1) is 30.8 Å². The lowest BCUT2D eigenvalue weighted by Crippen LogP contribution is -2.54. The molecule has 0 unspecified atom stereocenters. The van der Waals surface area contributed by atoms with Crippen molar-refractivity contribution in [2.45, 2.75) is 51.4 Å². The van der Waals surface area contributed by atoms with Crippen LogP contribution < -0.4 is 10.2 Å². The summed E-state index contributed by atoms with van der Waals surface area (Å²) in [6, 6.07) is 5.75. The van der Waals surface area contributed by atoms with Gasteiger partial charge in [0.2, 0.25) is 5.91 Å². The van der Waals surface area contributed by atoms with Gasteiger partial charge in [0.15, 0.2) is 0 Å². The normalized spacial score (nSPS) is 21.6. The van der Waals surface area contributed by atoms with Gasteiger partial charge >= 0.3 is 7.12 Å². The number of hydrogen-bond acceptors (Lipinski definition) is 5. The number of methoxy groups -OCH3 is 2. The summed E-state index contributed by atoms with van der Waals surface area (Å²) in [5.74, 6) is 0.769. The Morgan fingerprint density at radius 2 is 1.81 bits per heavy atom. The van der Waals surface area contributed by atoms with Crippen LogP contribution in [0.3, 0.4) is 0 Å². The number of ether oxygens (including phenoxy) is 2. The van der Waals surface area contributed by atoms with E-state index in [0.29, 0.717) is 18.8 Å². The van der Waals surface area contributed by atoms with E-state index in [2.05, 4.69) is 0 Å². The monoisotopic (exact) mass is 361 g/mol. The molecule has 0 aliphatic carbocycles. The maximum absolute atomic E-state index is 12.5. The fourth-order valence-electron chi connectivity index (χ4n) is 3.13. The molecule has 0 radical (unpaired) electrons. The predicted octanol–water partition coefficient (Wildman–Crippen LogP) is 1.39. The largest absolute Gasteiger partial charge is 0.496 e. The van der Waals surface area contributed by atoms with Crippen molar-refractivity contribution >= 4 is 18.5 Å². The molecular formula is C19H28BNO5. The van der Waals surface area contributed by atoms with Crippen LogP contribution in [-0.2, 0) is 25.3 Å². The van der Waals surface area contributed by atoms with E-state index in [-0.39, 0.29) is 18.4 Å². The first-order chi connectivity index (χ1) is 12.2. The molecular weight excluding hydrogens is 333 g/mol. The smallest absolute Gasteiger partial charge is 0.494 e. The topological polar surface area (TPSA) is 57.2 Å².